The Morgan fingerprint density at radius 3 is 1.04 bits per heavy atom. The van der Waals surface area contributed by atoms with Crippen LogP contribution >= 0.6 is 0 Å². The highest BCUT2D eigenvalue weighted by atomic mass is 15.0. The molecule has 0 bridgehead atoms. The fourth-order valence-corrected chi connectivity index (χ4v) is 4.27. The van der Waals surface area contributed by atoms with Crippen LogP contribution in [-0.2, 0) is 0 Å². The van der Waals surface area contributed by atoms with Crippen LogP contribution in [0.25, 0.3) is 22.5 Å². The van der Waals surface area contributed by atoms with Crippen LogP contribution in [0.2, 0.25) is 0 Å². The van der Waals surface area contributed by atoms with Crippen molar-refractivity contribution in [3.8, 4) is 22.5 Å². The lowest BCUT2D eigenvalue weighted by Crippen LogP contribution is -2.02. The van der Waals surface area contributed by atoms with Crippen LogP contribution in [0.15, 0.2) is 60.7 Å². The van der Waals surface area contributed by atoms with E-state index in [9.17, 15) is 0 Å². The molecule has 2 heterocycles. The topological polar surface area (TPSA) is 9.86 Å². The summed E-state index contributed by atoms with van der Waals surface area (Å²) in [4.78, 5) is 0. The molecule has 0 radical (unpaired) electrons. The summed E-state index contributed by atoms with van der Waals surface area (Å²) in [5, 5.41) is 0. The summed E-state index contributed by atoms with van der Waals surface area (Å²) < 4.78 is 4.65. The van der Waals surface area contributed by atoms with Crippen LogP contribution in [0.1, 0.15) is 33.9 Å². The van der Waals surface area contributed by atoms with E-state index in [1.165, 1.54) is 56.4 Å². The molecule has 2 aromatic carbocycles. The monoisotopic (exact) mass is 368 g/mol. The minimum Gasteiger partial charge on any atom is -0.318 e. The maximum atomic E-state index is 2.32. The standard InChI is InChI=1S/C26H28N2/c1-17-15-23(11-13-25(17)27-19(3)7-8-20(27)4)24-12-14-26(18(2)16-24)28-21(5)9-10-22(28)6/h7-16H,1-6H3. The normalized spacial score (nSPS) is 11.2. The van der Waals surface area contributed by atoms with E-state index in [0.717, 1.165) is 0 Å². The number of hydrogen-bond donors (Lipinski definition) is 0. The van der Waals surface area contributed by atoms with E-state index in [1.807, 2.05) is 0 Å². The SMILES string of the molecule is Cc1cc(-c2ccc(-n3c(C)ccc3C)c(C)c2)ccc1-n1c(C)ccc1C. The first-order chi connectivity index (χ1) is 13.4. The van der Waals surface area contributed by atoms with E-state index in [-0.39, 0.29) is 0 Å². The highest BCUT2D eigenvalue weighted by Gasteiger charge is 2.11. The minimum absolute atomic E-state index is 1.26. The van der Waals surface area contributed by atoms with Gasteiger partial charge in [-0.3, -0.25) is 0 Å². The Labute approximate surface area is 168 Å². The maximum Gasteiger partial charge on any atom is 0.0484 e. The lowest BCUT2D eigenvalue weighted by atomic mass is 9.99. The number of rotatable bonds is 3. The summed E-state index contributed by atoms with van der Waals surface area (Å²) in [7, 11) is 0. The second-order valence-electron chi connectivity index (χ2n) is 7.91. The third-order valence-electron chi connectivity index (χ3n) is 5.75. The summed E-state index contributed by atoms with van der Waals surface area (Å²) in [5.41, 5.74) is 12.7. The number of benzene rings is 2. The highest BCUT2D eigenvalue weighted by Crippen LogP contribution is 2.29. The fourth-order valence-electron chi connectivity index (χ4n) is 4.27. The second-order valence-corrected chi connectivity index (χ2v) is 7.91. The van der Waals surface area contributed by atoms with Gasteiger partial charge in [-0.2, -0.15) is 0 Å². The van der Waals surface area contributed by atoms with Gasteiger partial charge in [-0.25, -0.2) is 0 Å². The minimum atomic E-state index is 1.26. The summed E-state index contributed by atoms with van der Waals surface area (Å²) in [6.45, 7) is 13.0. The molecule has 4 rings (SSSR count). The van der Waals surface area contributed by atoms with Crippen LogP contribution in [0.3, 0.4) is 0 Å². The zero-order valence-corrected chi connectivity index (χ0v) is 17.7. The van der Waals surface area contributed by atoms with Crippen molar-refractivity contribution in [3.63, 3.8) is 0 Å². The number of hydrogen-bond acceptors (Lipinski definition) is 0. The second kappa shape index (κ2) is 6.87. The van der Waals surface area contributed by atoms with Crippen LogP contribution in [0, 0.1) is 41.5 Å². The van der Waals surface area contributed by atoms with Gasteiger partial charge in [0.15, 0.2) is 0 Å². The number of aromatic nitrogens is 2. The number of nitrogens with zero attached hydrogens (tertiary/aromatic N) is 2. The first kappa shape index (κ1) is 18.4. The van der Waals surface area contributed by atoms with Gasteiger partial charge in [-0.15, -0.1) is 0 Å². The number of aryl methyl sites for hydroxylation is 6. The molecular formula is C26H28N2. The van der Waals surface area contributed by atoms with Crippen LogP contribution < -0.4 is 0 Å². The molecule has 0 N–H and O–H groups in total. The van der Waals surface area contributed by atoms with Gasteiger partial charge in [-0.1, -0.05) is 12.1 Å². The Kier molecular flexibility index (Phi) is 4.50. The van der Waals surface area contributed by atoms with E-state index < -0.39 is 0 Å². The predicted molar refractivity (Wildman–Crippen MR) is 119 cm³/mol. The molecule has 0 spiro atoms. The quantitative estimate of drug-likeness (QED) is 0.377. The van der Waals surface area contributed by atoms with Crippen molar-refractivity contribution in [3.05, 3.63) is 94.6 Å². The van der Waals surface area contributed by atoms with E-state index in [2.05, 4.69) is 111 Å². The first-order valence-electron chi connectivity index (χ1n) is 9.89. The Hall–Kier alpha value is -3.00. The Balaban J connectivity index is 1.74. The van der Waals surface area contributed by atoms with E-state index >= 15 is 0 Å². The molecule has 0 saturated heterocycles. The fraction of sp³-hybridized carbons (Fsp3) is 0.231. The summed E-state index contributed by atoms with van der Waals surface area (Å²) in [6.07, 6.45) is 0. The maximum absolute atomic E-state index is 2.32. The largest absolute Gasteiger partial charge is 0.318 e. The lowest BCUT2D eigenvalue weighted by Gasteiger charge is -2.16. The van der Waals surface area contributed by atoms with Crippen molar-refractivity contribution in [1.82, 2.24) is 9.13 Å². The summed E-state index contributed by atoms with van der Waals surface area (Å²) in [5.74, 6) is 0. The molecule has 0 aliphatic rings. The van der Waals surface area contributed by atoms with Crippen LogP contribution in [0.4, 0.5) is 0 Å². The smallest absolute Gasteiger partial charge is 0.0484 e. The third kappa shape index (κ3) is 2.99. The lowest BCUT2D eigenvalue weighted by molar-refractivity contribution is 0.954. The van der Waals surface area contributed by atoms with Gasteiger partial charge in [-0.05, 0) is 112 Å². The molecule has 0 unspecified atom stereocenters. The predicted octanol–water partition coefficient (Wildman–Crippen LogP) is 6.79. The van der Waals surface area contributed by atoms with Crippen molar-refractivity contribution < 1.29 is 0 Å². The molecule has 0 aliphatic heterocycles. The molecule has 28 heavy (non-hydrogen) atoms. The van der Waals surface area contributed by atoms with Gasteiger partial charge in [0.05, 0.1) is 0 Å². The first-order valence-corrected chi connectivity index (χ1v) is 9.89. The summed E-state index contributed by atoms with van der Waals surface area (Å²) in [6, 6.07) is 22.3. The van der Waals surface area contributed by atoms with Crippen molar-refractivity contribution in [2.45, 2.75) is 41.5 Å². The summed E-state index contributed by atoms with van der Waals surface area (Å²) >= 11 is 0. The van der Waals surface area contributed by atoms with E-state index in [0.29, 0.717) is 0 Å². The zero-order chi connectivity index (χ0) is 20.0. The molecule has 0 saturated carbocycles. The van der Waals surface area contributed by atoms with Crippen molar-refractivity contribution in [2.24, 2.45) is 0 Å². The van der Waals surface area contributed by atoms with Crippen molar-refractivity contribution >= 4 is 0 Å². The average Bonchev–Trinajstić information content (AvgIpc) is 3.17. The molecule has 0 fully saturated rings. The highest BCUT2D eigenvalue weighted by molar-refractivity contribution is 5.69. The average molecular weight is 369 g/mol. The van der Waals surface area contributed by atoms with Gasteiger partial charge in [0.1, 0.15) is 0 Å². The third-order valence-corrected chi connectivity index (χ3v) is 5.75. The van der Waals surface area contributed by atoms with E-state index in [4.69, 9.17) is 0 Å². The van der Waals surface area contributed by atoms with Crippen molar-refractivity contribution in [2.75, 3.05) is 0 Å². The molecule has 142 valence electrons. The molecule has 0 atom stereocenters. The van der Waals surface area contributed by atoms with Crippen LogP contribution in [0.5, 0.6) is 0 Å². The molecule has 4 aromatic rings. The van der Waals surface area contributed by atoms with Gasteiger partial charge in [0, 0.05) is 34.2 Å². The van der Waals surface area contributed by atoms with Crippen molar-refractivity contribution in [1.29, 1.82) is 0 Å². The van der Waals surface area contributed by atoms with E-state index in [1.54, 1.807) is 0 Å². The van der Waals surface area contributed by atoms with Gasteiger partial charge in [0.2, 0.25) is 0 Å². The molecule has 0 amide bonds. The molecule has 0 aliphatic carbocycles. The molecule has 2 nitrogen and oxygen atoms in total. The van der Waals surface area contributed by atoms with Gasteiger partial charge < -0.3 is 9.13 Å². The Bertz CT molecular complexity index is 1040. The molecule has 2 aromatic heterocycles. The van der Waals surface area contributed by atoms with Gasteiger partial charge in [0.25, 0.3) is 0 Å². The van der Waals surface area contributed by atoms with Crippen LogP contribution in [-0.4, -0.2) is 9.13 Å². The Morgan fingerprint density at radius 2 is 0.750 bits per heavy atom. The van der Waals surface area contributed by atoms with Gasteiger partial charge >= 0.3 is 0 Å². The molecular weight excluding hydrogens is 340 g/mol. The Morgan fingerprint density at radius 1 is 0.429 bits per heavy atom. The zero-order valence-electron chi connectivity index (χ0n) is 17.7. The molecule has 2 heteroatoms.